The van der Waals surface area contributed by atoms with Gasteiger partial charge in [0, 0.05) is 31.5 Å². The molecule has 0 spiro atoms. The van der Waals surface area contributed by atoms with Gasteiger partial charge in [-0.05, 0) is 36.1 Å². The third kappa shape index (κ3) is 2.60. The molecule has 0 aromatic heterocycles. The summed E-state index contributed by atoms with van der Waals surface area (Å²) in [6, 6.07) is 4.36. The number of piperidine rings is 1. The summed E-state index contributed by atoms with van der Waals surface area (Å²) < 4.78 is 10.8. The van der Waals surface area contributed by atoms with Gasteiger partial charge in [-0.2, -0.15) is 0 Å². The van der Waals surface area contributed by atoms with Crippen molar-refractivity contribution >= 4 is 5.78 Å². The van der Waals surface area contributed by atoms with E-state index in [9.17, 15) is 4.79 Å². The van der Waals surface area contributed by atoms with Crippen molar-refractivity contribution in [2.24, 2.45) is 5.92 Å². The molecule has 120 valence electrons. The first kappa shape index (κ1) is 15.3. The molecule has 2 aliphatic heterocycles. The van der Waals surface area contributed by atoms with Crippen LogP contribution in [0.1, 0.15) is 43.4 Å². The summed E-state index contributed by atoms with van der Waals surface area (Å²) in [4.78, 5) is 14.9. The van der Waals surface area contributed by atoms with E-state index in [0.717, 1.165) is 43.9 Å². The van der Waals surface area contributed by atoms with Crippen LogP contribution in [-0.2, 0) is 11.2 Å². The number of fused-ring (bicyclic) bond motifs is 3. The van der Waals surface area contributed by atoms with Crippen LogP contribution in [0, 0.1) is 5.92 Å². The van der Waals surface area contributed by atoms with E-state index < -0.39 is 0 Å². The van der Waals surface area contributed by atoms with Crippen molar-refractivity contribution in [2.75, 3.05) is 27.3 Å². The van der Waals surface area contributed by atoms with Gasteiger partial charge in [-0.3, -0.25) is 9.69 Å². The predicted molar refractivity (Wildman–Crippen MR) is 85.6 cm³/mol. The molecule has 1 fully saturated rings. The Morgan fingerprint density at radius 3 is 2.64 bits per heavy atom. The van der Waals surface area contributed by atoms with Crippen molar-refractivity contribution < 1.29 is 14.3 Å². The Morgan fingerprint density at radius 1 is 1.23 bits per heavy atom. The van der Waals surface area contributed by atoms with Gasteiger partial charge in [0.05, 0.1) is 14.2 Å². The quantitative estimate of drug-likeness (QED) is 0.857. The Morgan fingerprint density at radius 2 is 1.95 bits per heavy atom. The van der Waals surface area contributed by atoms with E-state index in [1.165, 1.54) is 11.1 Å². The Labute approximate surface area is 132 Å². The van der Waals surface area contributed by atoms with Crippen molar-refractivity contribution in [1.29, 1.82) is 0 Å². The molecule has 2 heterocycles. The number of carbonyl (C=O) groups excluding carboxylic acids is 1. The molecule has 2 aliphatic rings. The molecule has 4 heteroatoms. The number of Topliss-reactive ketones (excluding diaryl/α,β-unsaturated/α-hetero) is 1. The lowest BCUT2D eigenvalue weighted by molar-refractivity contribution is -0.129. The van der Waals surface area contributed by atoms with Crippen LogP contribution >= 0.6 is 0 Å². The summed E-state index contributed by atoms with van der Waals surface area (Å²) in [5.74, 6) is 2.18. The number of hydrogen-bond acceptors (Lipinski definition) is 4. The van der Waals surface area contributed by atoms with Crippen LogP contribution in [0.15, 0.2) is 12.1 Å². The van der Waals surface area contributed by atoms with E-state index in [1.54, 1.807) is 14.2 Å². The third-order valence-electron chi connectivity index (χ3n) is 5.06. The lowest BCUT2D eigenvalue weighted by Crippen LogP contribution is -2.46. The summed E-state index contributed by atoms with van der Waals surface area (Å²) in [7, 11) is 3.33. The van der Waals surface area contributed by atoms with E-state index in [4.69, 9.17) is 9.47 Å². The highest BCUT2D eigenvalue weighted by atomic mass is 16.5. The average Bonchev–Trinajstić information content (AvgIpc) is 2.54. The summed E-state index contributed by atoms with van der Waals surface area (Å²) >= 11 is 0. The van der Waals surface area contributed by atoms with Crippen LogP contribution in [0.5, 0.6) is 11.5 Å². The van der Waals surface area contributed by atoms with E-state index in [-0.39, 0.29) is 12.0 Å². The second kappa shape index (κ2) is 6.29. The lowest BCUT2D eigenvalue weighted by Gasteiger charge is -2.43. The van der Waals surface area contributed by atoms with Crippen molar-refractivity contribution in [3.63, 3.8) is 0 Å². The molecule has 0 amide bonds. The zero-order valence-electron chi connectivity index (χ0n) is 13.7. The molecule has 2 atom stereocenters. The number of benzene rings is 1. The first-order valence-electron chi connectivity index (χ1n) is 8.19. The lowest BCUT2D eigenvalue weighted by atomic mass is 9.81. The zero-order chi connectivity index (χ0) is 15.7. The predicted octanol–water partition coefficient (Wildman–Crippen LogP) is 2.99. The van der Waals surface area contributed by atoms with Gasteiger partial charge in [-0.15, -0.1) is 0 Å². The minimum atomic E-state index is 0.212. The molecule has 1 aromatic rings. The number of ketones is 1. The van der Waals surface area contributed by atoms with Gasteiger partial charge in [0.25, 0.3) is 0 Å². The standard InChI is InChI=1S/C18H25NO3/c1-4-5-13-11-19-7-6-12-8-17(21-2)18(22-3)9-14(12)15(19)10-16(13)20/h8-9,13,15H,4-7,10-11H2,1-3H3. The van der Waals surface area contributed by atoms with Crippen LogP contribution in [0.25, 0.3) is 0 Å². The number of ether oxygens (including phenoxy) is 2. The third-order valence-corrected chi connectivity index (χ3v) is 5.06. The summed E-state index contributed by atoms with van der Waals surface area (Å²) in [6.07, 6.45) is 3.74. The van der Waals surface area contributed by atoms with Crippen LogP contribution in [0.4, 0.5) is 0 Å². The van der Waals surface area contributed by atoms with Gasteiger partial charge in [0.15, 0.2) is 11.5 Å². The first-order valence-corrected chi connectivity index (χ1v) is 8.19. The van der Waals surface area contributed by atoms with Crippen molar-refractivity contribution in [1.82, 2.24) is 4.90 Å². The Balaban J connectivity index is 1.92. The second-order valence-electron chi connectivity index (χ2n) is 6.32. The molecule has 0 N–H and O–H groups in total. The van der Waals surface area contributed by atoms with Crippen LogP contribution < -0.4 is 9.47 Å². The number of nitrogens with zero attached hydrogens (tertiary/aromatic N) is 1. The largest absolute Gasteiger partial charge is 0.493 e. The van der Waals surface area contributed by atoms with Crippen molar-refractivity contribution in [3.8, 4) is 11.5 Å². The van der Waals surface area contributed by atoms with Gasteiger partial charge < -0.3 is 9.47 Å². The molecule has 4 nitrogen and oxygen atoms in total. The fourth-order valence-corrected chi connectivity index (χ4v) is 3.88. The first-order chi connectivity index (χ1) is 10.7. The molecule has 0 aliphatic carbocycles. The van der Waals surface area contributed by atoms with Gasteiger partial charge in [-0.25, -0.2) is 0 Å². The van der Waals surface area contributed by atoms with Gasteiger partial charge >= 0.3 is 0 Å². The minimum absolute atomic E-state index is 0.212. The normalized spacial score (nSPS) is 24.6. The van der Waals surface area contributed by atoms with Crippen LogP contribution in [0.2, 0.25) is 0 Å². The maximum atomic E-state index is 12.4. The second-order valence-corrected chi connectivity index (χ2v) is 6.32. The highest BCUT2D eigenvalue weighted by Gasteiger charge is 2.37. The number of hydrogen-bond donors (Lipinski definition) is 0. The molecule has 0 bridgehead atoms. The van der Waals surface area contributed by atoms with Crippen LogP contribution in [0.3, 0.4) is 0 Å². The van der Waals surface area contributed by atoms with E-state index in [1.807, 2.05) is 0 Å². The number of rotatable bonds is 4. The van der Waals surface area contributed by atoms with Crippen molar-refractivity contribution in [2.45, 2.75) is 38.6 Å². The van der Waals surface area contributed by atoms with Crippen molar-refractivity contribution in [3.05, 3.63) is 23.3 Å². The fraction of sp³-hybridized carbons (Fsp3) is 0.611. The molecule has 3 rings (SSSR count). The summed E-state index contributed by atoms with van der Waals surface area (Å²) in [5.41, 5.74) is 2.54. The average molecular weight is 303 g/mol. The molecule has 0 saturated carbocycles. The molecular formula is C18H25NO3. The SMILES string of the molecule is CCCC1CN2CCc3cc(OC)c(OC)cc3C2CC1=O. The number of methoxy groups -OCH3 is 2. The molecule has 1 saturated heterocycles. The Kier molecular flexibility index (Phi) is 4.39. The van der Waals surface area contributed by atoms with Gasteiger partial charge in [0.2, 0.25) is 0 Å². The molecule has 1 aromatic carbocycles. The fourth-order valence-electron chi connectivity index (χ4n) is 3.88. The summed E-state index contributed by atoms with van der Waals surface area (Å²) in [5, 5.41) is 0. The Bertz CT molecular complexity index is 570. The van der Waals surface area contributed by atoms with E-state index >= 15 is 0 Å². The molecule has 2 unspecified atom stereocenters. The van der Waals surface area contributed by atoms with Crippen LogP contribution in [-0.4, -0.2) is 38.0 Å². The maximum absolute atomic E-state index is 12.4. The van der Waals surface area contributed by atoms with E-state index in [0.29, 0.717) is 12.2 Å². The van der Waals surface area contributed by atoms with Gasteiger partial charge in [-0.1, -0.05) is 13.3 Å². The minimum Gasteiger partial charge on any atom is -0.493 e. The highest BCUT2D eigenvalue weighted by Crippen LogP contribution is 2.42. The van der Waals surface area contributed by atoms with Gasteiger partial charge in [0.1, 0.15) is 5.78 Å². The topological polar surface area (TPSA) is 38.8 Å². The highest BCUT2D eigenvalue weighted by molar-refractivity contribution is 5.83. The monoisotopic (exact) mass is 303 g/mol. The maximum Gasteiger partial charge on any atom is 0.161 e. The Hall–Kier alpha value is -1.55. The smallest absolute Gasteiger partial charge is 0.161 e. The zero-order valence-corrected chi connectivity index (χ0v) is 13.7. The summed E-state index contributed by atoms with van der Waals surface area (Å²) in [6.45, 7) is 4.09. The molecule has 22 heavy (non-hydrogen) atoms. The molecule has 0 radical (unpaired) electrons. The van der Waals surface area contributed by atoms with E-state index in [2.05, 4.69) is 24.0 Å². The molecular weight excluding hydrogens is 278 g/mol. The number of carbonyl (C=O) groups is 1.